The summed E-state index contributed by atoms with van der Waals surface area (Å²) in [6, 6.07) is 5.03. The fourth-order valence-electron chi connectivity index (χ4n) is 2.49. The van der Waals surface area contributed by atoms with E-state index in [0.717, 1.165) is 0 Å². The van der Waals surface area contributed by atoms with Crippen LogP contribution in [0, 0.1) is 11.3 Å². The van der Waals surface area contributed by atoms with Crippen LogP contribution in [0.3, 0.4) is 0 Å². The molecule has 21 heavy (non-hydrogen) atoms. The molecule has 1 aromatic carbocycles. The maximum absolute atomic E-state index is 12.5. The van der Waals surface area contributed by atoms with Crippen LogP contribution in [0.5, 0.6) is 5.75 Å². The summed E-state index contributed by atoms with van der Waals surface area (Å²) in [5.74, 6) is -0.353. The molecule has 0 aromatic heterocycles. The number of hydrogen-bond acceptors (Lipinski definition) is 3. The fraction of sp³-hybridized carbons (Fsp3) is 0.500. The highest BCUT2D eigenvalue weighted by Crippen LogP contribution is 2.27. The second-order valence-electron chi connectivity index (χ2n) is 6.58. The minimum Gasteiger partial charge on any atom is -0.508 e. The molecule has 3 N–H and O–H groups in total. The first-order valence-electron chi connectivity index (χ1n) is 6.93. The lowest BCUT2D eigenvalue weighted by atomic mass is 9.80. The average molecular weight is 293 g/mol. The molecule has 0 aliphatic rings. The van der Waals surface area contributed by atoms with Gasteiger partial charge in [0.1, 0.15) is 5.75 Å². The van der Waals surface area contributed by atoms with E-state index in [0.29, 0.717) is 12.0 Å². The first kappa shape index (κ1) is 17.0. The molecule has 5 heteroatoms. The van der Waals surface area contributed by atoms with Crippen LogP contribution in [-0.2, 0) is 0 Å². The molecule has 0 saturated carbocycles. The van der Waals surface area contributed by atoms with Crippen molar-refractivity contribution >= 4 is 11.9 Å². The highest BCUT2D eigenvalue weighted by Gasteiger charge is 2.30. The number of phenols is 1. The Balaban J connectivity index is 2.98. The zero-order valence-electron chi connectivity index (χ0n) is 12.9. The molecular formula is C16H23NO4. The summed E-state index contributed by atoms with van der Waals surface area (Å²) in [7, 11) is 0. The number of ketones is 1. The third-order valence-electron chi connectivity index (χ3n) is 3.22. The van der Waals surface area contributed by atoms with Crippen LogP contribution in [0.4, 0.5) is 4.79 Å². The Hall–Kier alpha value is -2.04. The van der Waals surface area contributed by atoms with E-state index in [1.54, 1.807) is 0 Å². The van der Waals surface area contributed by atoms with E-state index in [4.69, 9.17) is 5.11 Å². The van der Waals surface area contributed by atoms with Gasteiger partial charge in [0.05, 0.1) is 6.04 Å². The first-order valence-corrected chi connectivity index (χ1v) is 6.93. The second-order valence-corrected chi connectivity index (χ2v) is 6.58. The normalized spacial score (nSPS) is 14.3. The van der Waals surface area contributed by atoms with Gasteiger partial charge in [0.2, 0.25) is 0 Å². The Labute approximate surface area is 125 Å². The van der Waals surface area contributed by atoms with Crippen LogP contribution >= 0.6 is 0 Å². The van der Waals surface area contributed by atoms with Crippen LogP contribution < -0.4 is 5.32 Å². The maximum Gasteiger partial charge on any atom is 0.405 e. The summed E-state index contributed by atoms with van der Waals surface area (Å²) in [6.07, 6.45) is -0.505. The molecule has 0 aliphatic carbocycles. The molecule has 0 radical (unpaired) electrons. The highest BCUT2D eigenvalue weighted by molar-refractivity contribution is 6.01. The summed E-state index contributed by atoms with van der Waals surface area (Å²) in [5.41, 5.74) is 0.375. The Kier molecular flexibility index (Phi) is 5.35. The van der Waals surface area contributed by atoms with Crippen molar-refractivity contribution < 1.29 is 19.8 Å². The molecule has 0 bridgehead atoms. The van der Waals surface area contributed by atoms with Crippen molar-refractivity contribution in [3.05, 3.63) is 29.8 Å². The molecule has 0 fully saturated rings. The van der Waals surface area contributed by atoms with E-state index >= 15 is 0 Å². The highest BCUT2D eigenvalue weighted by atomic mass is 16.4. The summed E-state index contributed by atoms with van der Waals surface area (Å²) < 4.78 is 0. The number of nitrogens with one attached hydrogen (secondary N) is 1. The van der Waals surface area contributed by atoms with Gasteiger partial charge in [-0.2, -0.15) is 0 Å². The van der Waals surface area contributed by atoms with Crippen LogP contribution in [0.25, 0.3) is 0 Å². The van der Waals surface area contributed by atoms with Crippen LogP contribution in [0.1, 0.15) is 44.5 Å². The number of benzene rings is 1. The van der Waals surface area contributed by atoms with E-state index < -0.39 is 12.1 Å². The lowest BCUT2D eigenvalue weighted by molar-refractivity contribution is 0.0885. The molecule has 1 rings (SSSR count). The smallest absolute Gasteiger partial charge is 0.405 e. The molecule has 0 heterocycles. The summed E-state index contributed by atoms with van der Waals surface area (Å²) in [5, 5.41) is 20.6. The van der Waals surface area contributed by atoms with Crippen LogP contribution in [-0.4, -0.2) is 28.1 Å². The number of hydrogen-bond donors (Lipinski definition) is 3. The molecule has 0 spiro atoms. The molecule has 0 saturated heterocycles. The summed E-state index contributed by atoms with van der Waals surface area (Å²) in [4.78, 5) is 23.5. The number of carbonyl (C=O) groups excluding carboxylic acids is 1. The molecular weight excluding hydrogens is 270 g/mol. The minimum atomic E-state index is -1.21. The van der Waals surface area contributed by atoms with Crippen molar-refractivity contribution in [2.45, 2.75) is 40.2 Å². The van der Waals surface area contributed by atoms with Gasteiger partial charge in [0.15, 0.2) is 5.78 Å². The fourth-order valence-corrected chi connectivity index (χ4v) is 2.49. The Morgan fingerprint density at radius 1 is 1.19 bits per heavy atom. The zero-order chi connectivity index (χ0) is 16.2. The molecule has 1 unspecified atom stereocenters. The van der Waals surface area contributed by atoms with Gasteiger partial charge in [-0.05, 0) is 42.0 Å². The number of carbonyl (C=O) groups is 2. The predicted molar refractivity (Wildman–Crippen MR) is 80.6 cm³/mol. The lowest BCUT2D eigenvalue weighted by Crippen LogP contribution is -2.45. The van der Waals surface area contributed by atoms with Gasteiger partial charge in [-0.25, -0.2) is 4.79 Å². The van der Waals surface area contributed by atoms with Crippen molar-refractivity contribution in [3.8, 4) is 5.75 Å². The number of carboxylic acid groups (broad SMARTS) is 1. The maximum atomic E-state index is 12.5. The Bertz CT molecular complexity index is 502. The predicted octanol–water partition coefficient (Wildman–Crippen LogP) is 3.28. The lowest BCUT2D eigenvalue weighted by Gasteiger charge is -2.29. The topological polar surface area (TPSA) is 86.6 Å². The van der Waals surface area contributed by atoms with E-state index in [9.17, 15) is 14.7 Å². The molecule has 116 valence electrons. The quantitative estimate of drug-likeness (QED) is 0.727. The average Bonchev–Trinajstić information content (AvgIpc) is 2.33. The van der Waals surface area contributed by atoms with Gasteiger partial charge >= 0.3 is 6.09 Å². The van der Waals surface area contributed by atoms with E-state index in [-0.39, 0.29) is 22.9 Å². The molecule has 1 amide bonds. The first-order chi connectivity index (χ1) is 9.60. The van der Waals surface area contributed by atoms with Gasteiger partial charge in [0.25, 0.3) is 0 Å². The number of phenolic OH excluding ortho intramolecular Hbond substituents is 1. The van der Waals surface area contributed by atoms with E-state index in [1.807, 2.05) is 27.7 Å². The van der Waals surface area contributed by atoms with Gasteiger partial charge in [-0.3, -0.25) is 4.79 Å². The third kappa shape index (κ3) is 5.45. The molecule has 0 aliphatic heterocycles. The number of Topliss-reactive ketones (excluding diaryl/α,β-unsaturated/α-hetero) is 1. The largest absolute Gasteiger partial charge is 0.508 e. The number of rotatable bonds is 5. The van der Waals surface area contributed by atoms with Gasteiger partial charge in [-0.15, -0.1) is 0 Å². The van der Waals surface area contributed by atoms with Gasteiger partial charge in [-0.1, -0.05) is 27.7 Å². The molecule has 1 aromatic rings. The number of amides is 1. The van der Waals surface area contributed by atoms with Gasteiger partial charge in [0, 0.05) is 5.56 Å². The third-order valence-corrected chi connectivity index (χ3v) is 3.22. The van der Waals surface area contributed by atoms with Crippen molar-refractivity contribution in [2.24, 2.45) is 11.3 Å². The monoisotopic (exact) mass is 293 g/mol. The Morgan fingerprint density at radius 3 is 2.14 bits per heavy atom. The SMILES string of the molecule is C[C@@H](CC(C)(C)C)C(NC(=O)O)C(=O)c1ccc(O)cc1. The molecule has 2 atom stereocenters. The van der Waals surface area contributed by atoms with E-state index in [1.165, 1.54) is 24.3 Å². The van der Waals surface area contributed by atoms with Crippen molar-refractivity contribution in [1.82, 2.24) is 5.32 Å². The molecule has 5 nitrogen and oxygen atoms in total. The standard InChI is InChI=1S/C16H23NO4/c1-10(9-16(2,3)4)13(17-15(20)21)14(19)11-5-7-12(18)8-6-11/h5-8,10,13,17-18H,9H2,1-4H3,(H,20,21)/t10-,13?/m0/s1. The second kappa shape index (κ2) is 6.61. The van der Waals surface area contributed by atoms with Gasteiger partial charge < -0.3 is 15.5 Å². The van der Waals surface area contributed by atoms with Crippen LogP contribution in [0.15, 0.2) is 24.3 Å². The minimum absolute atomic E-state index is 0.00686. The summed E-state index contributed by atoms with van der Waals surface area (Å²) in [6.45, 7) is 8.01. The van der Waals surface area contributed by atoms with Crippen molar-refractivity contribution in [3.63, 3.8) is 0 Å². The number of aromatic hydroxyl groups is 1. The summed E-state index contributed by atoms with van der Waals surface area (Å²) >= 11 is 0. The van der Waals surface area contributed by atoms with Crippen molar-refractivity contribution in [2.75, 3.05) is 0 Å². The van der Waals surface area contributed by atoms with E-state index in [2.05, 4.69) is 5.32 Å². The van der Waals surface area contributed by atoms with Crippen LogP contribution in [0.2, 0.25) is 0 Å². The Morgan fingerprint density at radius 2 is 1.71 bits per heavy atom. The zero-order valence-corrected chi connectivity index (χ0v) is 12.9. The van der Waals surface area contributed by atoms with Crippen molar-refractivity contribution in [1.29, 1.82) is 0 Å².